The Bertz CT molecular complexity index is 780. The molecule has 1 amide bonds. The lowest BCUT2D eigenvalue weighted by Crippen LogP contribution is -2.32. The van der Waals surface area contributed by atoms with Crippen LogP contribution in [0.1, 0.15) is 17.3 Å². The van der Waals surface area contributed by atoms with Gasteiger partial charge in [-0.2, -0.15) is 0 Å². The van der Waals surface area contributed by atoms with Gasteiger partial charge in [0.15, 0.2) is 6.61 Å². The summed E-state index contributed by atoms with van der Waals surface area (Å²) < 4.78 is 15.8. The van der Waals surface area contributed by atoms with Crippen molar-refractivity contribution in [3.63, 3.8) is 0 Å². The number of para-hydroxylation sites is 1. The van der Waals surface area contributed by atoms with E-state index < -0.39 is 18.5 Å². The van der Waals surface area contributed by atoms with Crippen LogP contribution >= 0.6 is 11.6 Å². The van der Waals surface area contributed by atoms with Gasteiger partial charge in [0.1, 0.15) is 18.1 Å². The number of nitrogens with one attached hydrogen (secondary N) is 1. The summed E-state index contributed by atoms with van der Waals surface area (Å²) in [4.78, 5) is 23.7. The maximum absolute atomic E-state index is 11.9. The Morgan fingerprint density at radius 3 is 2.41 bits per heavy atom. The van der Waals surface area contributed by atoms with Crippen LogP contribution in [0.25, 0.3) is 0 Å². The molecule has 7 nitrogen and oxygen atoms in total. The van der Waals surface area contributed by atoms with Gasteiger partial charge in [0.25, 0.3) is 5.91 Å². The summed E-state index contributed by atoms with van der Waals surface area (Å²) >= 11 is 5.85. The zero-order chi connectivity index (χ0) is 19.6. The summed E-state index contributed by atoms with van der Waals surface area (Å²) in [5.41, 5.74) is 5.95. The van der Waals surface area contributed by atoms with Gasteiger partial charge >= 0.3 is 5.97 Å². The van der Waals surface area contributed by atoms with Crippen molar-refractivity contribution < 1.29 is 23.8 Å². The summed E-state index contributed by atoms with van der Waals surface area (Å²) in [7, 11) is 0. The molecule has 0 atom stereocenters. The molecule has 0 aliphatic carbocycles. The van der Waals surface area contributed by atoms with E-state index in [1.807, 2.05) is 6.92 Å². The number of rotatable bonds is 9. The topological polar surface area (TPSA) is 99.9 Å². The van der Waals surface area contributed by atoms with Gasteiger partial charge in [0.2, 0.25) is 0 Å². The van der Waals surface area contributed by atoms with Gasteiger partial charge in [-0.05, 0) is 43.3 Å². The number of nitrogen functional groups attached to an aromatic ring is 1. The van der Waals surface area contributed by atoms with Gasteiger partial charge in [-0.1, -0.05) is 17.7 Å². The van der Waals surface area contributed by atoms with Crippen molar-refractivity contribution in [3.05, 3.63) is 53.1 Å². The van der Waals surface area contributed by atoms with Crippen LogP contribution in [0.4, 0.5) is 5.69 Å². The summed E-state index contributed by atoms with van der Waals surface area (Å²) in [6, 6.07) is 11.8. The van der Waals surface area contributed by atoms with E-state index in [1.165, 1.54) is 6.07 Å². The molecule has 0 bridgehead atoms. The number of benzene rings is 2. The average molecular weight is 393 g/mol. The summed E-state index contributed by atoms with van der Waals surface area (Å²) in [5.74, 6) is 0.269. The molecule has 0 radical (unpaired) electrons. The number of nitrogens with two attached hydrogens (primary N) is 1. The third-order valence-corrected chi connectivity index (χ3v) is 3.76. The van der Waals surface area contributed by atoms with Crippen LogP contribution in [0.15, 0.2) is 42.5 Å². The predicted octanol–water partition coefficient (Wildman–Crippen LogP) is 2.67. The summed E-state index contributed by atoms with van der Waals surface area (Å²) in [6.07, 6.45) is 0. The SMILES string of the molecule is CCOc1ccc(OCCNC(=O)COC(=O)c2cccc(Cl)c2N)cc1. The van der Waals surface area contributed by atoms with Gasteiger partial charge in [-0.3, -0.25) is 4.79 Å². The number of amides is 1. The molecule has 0 spiro atoms. The van der Waals surface area contributed by atoms with Crippen LogP contribution in [0.5, 0.6) is 11.5 Å². The molecule has 0 saturated carbocycles. The van der Waals surface area contributed by atoms with Crippen LogP contribution in [0.2, 0.25) is 5.02 Å². The lowest BCUT2D eigenvalue weighted by molar-refractivity contribution is -0.124. The number of hydrogen-bond donors (Lipinski definition) is 2. The van der Waals surface area contributed by atoms with E-state index in [9.17, 15) is 9.59 Å². The first-order chi connectivity index (χ1) is 13.0. The van der Waals surface area contributed by atoms with Crippen molar-refractivity contribution in [2.24, 2.45) is 0 Å². The molecule has 0 aliphatic heterocycles. The molecular weight excluding hydrogens is 372 g/mol. The number of ether oxygens (including phenoxy) is 3. The molecule has 144 valence electrons. The molecule has 0 saturated heterocycles. The number of carbonyl (C=O) groups excluding carboxylic acids is 2. The Kier molecular flexibility index (Phi) is 7.76. The summed E-state index contributed by atoms with van der Waals surface area (Å²) in [5, 5.41) is 2.84. The second-order valence-electron chi connectivity index (χ2n) is 5.38. The highest BCUT2D eigenvalue weighted by Gasteiger charge is 2.14. The standard InChI is InChI=1S/C19H21ClN2O5/c1-2-25-13-6-8-14(9-7-13)26-11-10-22-17(23)12-27-19(24)15-4-3-5-16(20)18(15)21/h3-9H,2,10-12,21H2,1H3,(H,22,23). The maximum Gasteiger partial charge on any atom is 0.340 e. The van der Waals surface area contributed by atoms with E-state index in [1.54, 1.807) is 36.4 Å². The van der Waals surface area contributed by atoms with Crippen LogP contribution in [-0.2, 0) is 9.53 Å². The third kappa shape index (κ3) is 6.38. The average Bonchev–Trinajstić information content (AvgIpc) is 2.67. The third-order valence-electron chi connectivity index (χ3n) is 3.43. The Morgan fingerprint density at radius 2 is 1.74 bits per heavy atom. The lowest BCUT2D eigenvalue weighted by Gasteiger charge is -2.10. The smallest absolute Gasteiger partial charge is 0.340 e. The fourth-order valence-electron chi connectivity index (χ4n) is 2.13. The van der Waals surface area contributed by atoms with Gasteiger partial charge in [0.05, 0.1) is 29.4 Å². The minimum absolute atomic E-state index is 0.119. The highest BCUT2D eigenvalue weighted by molar-refractivity contribution is 6.33. The van der Waals surface area contributed by atoms with Crippen molar-refractivity contribution >= 4 is 29.2 Å². The molecule has 0 aromatic heterocycles. The zero-order valence-corrected chi connectivity index (χ0v) is 15.6. The highest BCUT2D eigenvalue weighted by atomic mass is 35.5. The van der Waals surface area contributed by atoms with E-state index in [4.69, 9.17) is 31.5 Å². The fraction of sp³-hybridized carbons (Fsp3) is 0.263. The van der Waals surface area contributed by atoms with E-state index >= 15 is 0 Å². The number of halogens is 1. The van der Waals surface area contributed by atoms with Crippen LogP contribution in [0, 0.1) is 0 Å². The van der Waals surface area contributed by atoms with Crippen molar-refractivity contribution in [3.8, 4) is 11.5 Å². The molecular formula is C19H21ClN2O5. The van der Waals surface area contributed by atoms with Gasteiger partial charge in [-0.25, -0.2) is 4.79 Å². The van der Waals surface area contributed by atoms with Crippen molar-refractivity contribution in [1.29, 1.82) is 0 Å². The molecule has 2 rings (SSSR count). The quantitative estimate of drug-likeness (QED) is 0.386. The second-order valence-corrected chi connectivity index (χ2v) is 5.79. The molecule has 2 aromatic rings. The van der Waals surface area contributed by atoms with Gasteiger partial charge in [-0.15, -0.1) is 0 Å². The molecule has 0 fully saturated rings. The molecule has 0 unspecified atom stereocenters. The van der Waals surface area contributed by atoms with Crippen LogP contribution in [0.3, 0.4) is 0 Å². The minimum atomic E-state index is -0.712. The first-order valence-corrected chi connectivity index (χ1v) is 8.72. The molecule has 27 heavy (non-hydrogen) atoms. The summed E-state index contributed by atoms with van der Waals surface area (Å²) in [6.45, 7) is 2.63. The molecule has 0 aliphatic rings. The number of hydrogen-bond acceptors (Lipinski definition) is 6. The zero-order valence-electron chi connectivity index (χ0n) is 14.9. The van der Waals surface area contributed by atoms with E-state index in [-0.39, 0.29) is 29.4 Å². The van der Waals surface area contributed by atoms with Crippen molar-refractivity contribution in [1.82, 2.24) is 5.32 Å². The first kappa shape index (κ1) is 20.4. The largest absolute Gasteiger partial charge is 0.494 e. The van der Waals surface area contributed by atoms with Crippen molar-refractivity contribution in [2.75, 3.05) is 32.1 Å². The molecule has 2 aromatic carbocycles. The highest BCUT2D eigenvalue weighted by Crippen LogP contribution is 2.22. The Morgan fingerprint density at radius 1 is 1.07 bits per heavy atom. The van der Waals surface area contributed by atoms with Gasteiger partial charge < -0.3 is 25.3 Å². The van der Waals surface area contributed by atoms with Crippen LogP contribution < -0.4 is 20.5 Å². The van der Waals surface area contributed by atoms with Gasteiger partial charge in [0, 0.05) is 0 Å². The lowest BCUT2D eigenvalue weighted by atomic mass is 10.2. The maximum atomic E-state index is 11.9. The van der Waals surface area contributed by atoms with Crippen LogP contribution in [-0.4, -0.2) is 38.2 Å². The Balaban J connectivity index is 1.67. The minimum Gasteiger partial charge on any atom is -0.494 e. The number of carbonyl (C=O) groups is 2. The Labute approximate surface area is 162 Å². The Hall–Kier alpha value is -2.93. The molecule has 8 heteroatoms. The van der Waals surface area contributed by atoms with E-state index in [2.05, 4.69) is 5.32 Å². The number of esters is 1. The molecule has 0 heterocycles. The number of anilines is 1. The normalized spacial score (nSPS) is 10.1. The fourth-order valence-corrected chi connectivity index (χ4v) is 2.31. The van der Waals surface area contributed by atoms with Crippen molar-refractivity contribution in [2.45, 2.75) is 6.92 Å². The van der Waals surface area contributed by atoms with E-state index in [0.717, 1.165) is 5.75 Å². The monoisotopic (exact) mass is 392 g/mol. The van der Waals surface area contributed by atoms with E-state index in [0.29, 0.717) is 12.4 Å². The predicted molar refractivity (Wildman–Crippen MR) is 102 cm³/mol. The molecule has 3 N–H and O–H groups in total. The second kappa shape index (κ2) is 10.3. The first-order valence-electron chi connectivity index (χ1n) is 8.34.